The lowest BCUT2D eigenvalue weighted by Crippen LogP contribution is -2.11. The molecule has 0 aliphatic carbocycles. The molecule has 2 heteroatoms. The highest BCUT2D eigenvalue weighted by Gasteiger charge is 2.20. The van der Waals surface area contributed by atoms with Gasteiger partial charge in [0.1, 0.15) is 0 Å². The SMILES string of the molecule is Cc1cccc2c1O[C@@H](C)O2. The van der Waals surface area contributed by atoms with Crippen LogP contribution >= 0.6 is 0 Å². The van der Waals surface area contributed by atoms with Crippen LogP contribution in [-0.4, -0.2) is 6.29 Å². The van der Waals surface area contributed by atoms with E-state index in [9.17, 15) is 0 Å². The first kappa shape index (κ1) is 6.53. The van der Waals surface area contributed by atoms with Gasteiger partial charge in [0.15, 0.2) is 11.5 Å². The molecule has 1 heterocycles. The van der Waals surface area contributed by atoms with Gasteiger partial charge in [-0.05, 0) is 18.6 Å². The summed E-state index contributed by atoms with van der Waals surface area (Å²) in [4.78, 5) is 0. The van der Waals surface area contributed by atoms with Crippen molar-refractivity contribution in [3.05, 3.63) is 23.8 Å². The molecule has 0 saturated heterocycles. The van der Waals surface area contributed by atoms with Crippen LogP contribution in [0.2, 0.25) is 0 Å². The maximum absolute atomic E-state index is 5.42. The van der Waals surface area contributed by atoms with Gasteiger partial charge < -0.3 is 9.47 Å². The summed E-state index contributed by atoms with van der Waals surface area (Å²) in [6.45, 7) is 3.90. The predicted molar refractivity (Wildman–Crippen MR) is 41.9 cm³/mol. The lowest BCUT2D eigenvalue weighted by molar-refractivity contribution is 0.0675. The van der Waals surface area contributed by atoms with E-state index in [0.29, 0.717) is 0 Å². The molecule has 0 N–H and O–H groups in total. The third kappa shape index (κ3) is 0.946. The standard InChI is InChI=1S/C9H10O2/c1-6-4-3-5-8-9(6)11-7(2)10-8/h3-5,7H,1-2H3/t7-/m0/s1. The largest absolute Gasteiger partial charge is 0.451 e. The number of benzene rings is 1. The molecule has 0 fully saturated rings. The molecule has 1 aliphatic heterocycles. The van der Waals surface area contributed by atoms with E-state index in [-0.39, 0.29) is 6.29 Å². The second-order valence-electron chi connectivity index (χ2n) is 2.71. The minimum atomic E-state index is -0.133. The molecule has 0 spiro atoms. The topological polar surface area (TPSA) is 18.5 Å². The first-order valence-corrected chi connectivity index (χ1v) is 3.70. The van der Waals surface area contributed by atoms with Crippen molar-refractivity contribution < 1.29 is 9.47 Å². The van der Waals surface area contributed by atoms with E-state index in [4.69, 9.17) is 9.47 Å². The smallest absolute Gasteiger partial charge is 0.238 e. The van der Waals surface area contributed by atoms with E-state index >= 15 is 0 Å². The Morgan fingerprint density at radius 3 is 2.82 bits per heavy atom. The van der Waals surface area contributed by atoms with Gasteiger partial charge in [0, 0.05) is 6.92 Å². The molecule has 0 bridgehead atoms. The molecule has 1 atom stereocenters. The first-order chi connectivity index (χ1) is 5.27. The van der Waals surface area contributed by atoms with Crippen LogP contribution in [0.3, 0.4) is 0 Å². The fourth-order valence-corrected chi connectivity index (χ4v) is 1.24. The Bertz CT molecular complexity index is 281. The maximum Gasteiger partial charge on any atom is 0.238 e. The Labute approximate surface area is 65.7 Å². The maximum atomic E-state index is 5.42. The van der Waals surface area contributed by atoms with E-state index in [1.807, 2.05) is 32.0 Å². The fourth-order valence-electron chi connectivity index (χ4n) is 1.24. The number of hydrogen-bond donors (Lipinski definition) is 0. The third-order valence-electron chi connectivity index (χ3n) is 1.75. The van der Waals surface area contributed by atoms with Crippen molar-refractivity contribution in [2.24, 2.45) is 0 Å². The van der Waals surface area contributed by atoms with Crippen LogP contribution in [-0.2, 0) is 0 Å². The Morgan fingerprint density at radius 2 is 2.09 bits per heavy atom. The molecule has 1 aromatic rings. The van der Waals surface area contributed by atoms with Crippen LogP contribution in [0.25, 0.3) is 0 Å². The Morgan fingerprint density at radius 1 is 1.27 bits per heavy atom. The van der Waals surface area contributed by atoms with Gasteiger partial charge in [0.05, 0.1) is 0 Å². The summed E-state index contributed by atoms with van der Waals surface area (Å²) in [6, 6.07) is 5.90. The van der Waals surface area contributed by atoms with Crippen LogP contribution in [0.15, 0.2) is 18.2 Å². The zero-order valence-corrected chi connectivity index (χ0v) is 6.63. The van der Waals surface area contributed by atoms with Gasteiger partial charge in [0.25, 0.3) is 0 Å². The van der Waals surface area contributed by atoms with Gasteiger partial charge in [-0.25, -0.2) is 0 Å². The fraction of sp³-hybridized carbons (Fsp3) is 0.333. The Hall–Kier alpha value is -1.18. The summed E-state index contributed by atoms with van der Waals surface area (Å²) in [6.07, 6.45) is -0.133. The van der Waals surface area contributed by atoms with Crippen LogP contribution in [0.5, 0.6) is 11.5 Å². The molecule has 1 aliphatic rings. The molecule has 2 nitrogen and oxygen atoms in total. The summed E-state index contributed by atoms with van der Waals surface area (Å²) < 4.78 is 10.8. The van der Waals surface area contributed by atoms with E-state index in [0.717, 1.165) is 17.1 Å². The average molecular weight is 150 g/mol. The normalized spacial score (nSPS) is 20.4. The zero-order chi connectivity index (χ0) is 7.84. The van der Waals surface area contributed by atoms with E-state index in [2.05, 4.69) is 0 Å². The van der Waals surface area contributed by atoms with Crippen LogP contribution in [0, 0.1) is 6.92 Å². The lowest BCUT2D eigenvalue weighted by Gasteiger charge is -2.00. The minimum absolute atomic E-state index is 0.133. The zero-order valence-electron chi connectivity index (χ0n) is 6.63. The van der Waals surface area contributed by atoms with Gasteiger partial charge in [0.2, 0.25) is 6.29 Å². The molecule has 58 valence electrons. The molecule has 0 amide bonds. The van der Waals surface area contributed by atoms with Crippen molar-refractivity contribution in [3.63, 3.8) is 0 Å². The summed E-state index contributed by atoms with van der Waals surface area (Å²) >= 11 is 0. The van der Waals surface area contributed by atoms with Crippen molar-refractivity contribution in [3.8, 4) is 11.5 Å². The second kappa shape index (κ2) is 2.16. The molecular formula is C9H10O2. The Balaban J connectivity index is 2.49. The number of ether oxygens (including phenoxy) is 2. The highest BCUT2D eigenvalue weighted by Crippen LogP contribution is 2.36. The van der Waals surface area contributed by atoms with Crippen LogP contribution in [0.4, 0.5) is 0 Å². The summed E-state index contributed by atoms with van der Waals surface area (Å²) in [5.41, 5.74) is 1.13. The van der Waals surface area contributed by atoms with Gasteiger partial charge in [-0.2, -0.15) is 0 Å². The molecule has 0 saturated carbocycles. The second-order valence-corrected chi connectivity index (χ2v) is 2.71. The third-order valence-corrected chi connectivity index (χ3v) is 1.75. The summed E-state index contributed by atoms with van der Waals surface area (Å²) in [5, 5.41) is 0. The molecule has 1 aromatic carbocycles. The highest BCUT2D eigenvalue weighted by molar-refractivity contribution is 5.47. The van der Waals surface area contributed by atoms with E-state index in [1.54, 1.807) is 0 Å². The van der Waals surface area contributed by atoms with E-state index < -0.39 is 0 Å². The van der Waals surface area contributed by atoms with E-state index in [1.165, 1.54) is 0 Å². The summed E-state index contributed by atoms with van der Waals surface area (Å²) in [5.74, 6) is 1.75. The molecule has 11 heavy (non-hydrogen) atoms. The van der Waals surface area contributed by atoms with Gasteiger partial charge in [-0.15, -0.1) is 0 Å². The average Bonchev–Trinajstić information content (AvgIpc) is 2.31. The van der Waals surface area contributed by atoms with Gasteiger partial charge in [-0.3, -0.25) is 0 Å². The van der Waals surface area contributed by atoms with Crippen LogP contribution in [0.1, 0.15) is 12.5 Å². The first-order valence-electron chi connectivity index (χ1n) is 3.70. The molecule has 0 aromatic heterocycles. The van der Waals surface area contributed by atoms with Crippen LogP contribution < -0.4 is 9.47 Å². The Kier molecular flexibility index (Phi) is 1.28. The molecular weight excluding hydrogens is 140 g/mol. The van der Waals surface area contributed by atoms with Gasteiger partial charge in [-0.1, -0.05) is 12.1 Å². The predicted octanol–water partition coefficient (Wildman–Crippen LogP) is 2.11. The van der Waals surface area contributed by atoms with Crippen molar-refractivity contribution in [1.82, 2.24) is 0 Å². The number of rotatable bonds is 0. The highest BCUT2D eigenvalue weighted by atomic mass is 16.7. The molecule has 0 unspecified atom stereocenters. The monoisotopic (exact) mass is 150 g/mol. The number of aryl methyl sites for hydroxylation is 1. The number of para-hydroxylation sites is 1. The van der Waals surface area contributed by atoms with Crippen molar-refractivity contribution in [2.45, 2.75) is 20.1 Å². The van der Waals surface area contributed by atoms with Crippen molar-refractivity contribution >= 4 is 0 Å². The lowest BCUT2D eigenvalue weighted by atomic mass is 10.2. The van der Waals surface area contributed by atoms with Crippen molar-refractivity contribution in [2.75, 3.05) is 0 Å². The van der Waals surface area contributed by atoms with Crippen molar-refractivity contribution in [1.29, 1.82) is 0 Å². The quantitative estimate of drug-likeness (QED) is 0.564. The summed E-state index contributed by atoms with van der Waals surface area (Å²) in [7, 11) is 0. The molecule has 2 rings (SSSR count). The minimum Gasteiger partial charge on any atom is -0.451 e. The van der Waals surface area contributed by atoms with Gasteiger partial charge >= 0.3 is 0 Å². The molecule has 0 radical (unpaired) electrons. The number of hydrogen-bond acceptors (Lipinski definition) is 2. The number of fused-ring (bicyclic) bond motifs is 1.